The lowest BCUT2D eigenvalue weighted by molar-refractivity contribution is 0.0491. The molecule has 3 aromatic heterocycles. The third-order valence-electron chi connectivity index (χ3n) is 7.74. The van der Waals surface area contributed by atoms with Gasteiger partial charge in [-0.25, -0.2) is 15.0 Å². The summed E-state index contributed by atoms with van der Waals surface area (Å²) in [5, 5.41) is 14.4. The number of carbonyl (C=O) groups excluding carboxylic acids is 1. The van der Waals surface area contributed by atoms with Crippen LogP contribution in [0.4, 0.5) is 17.7 Å². The summed E-state index contributed by atoms with van der Waals surface area (Å²) in [6, 6.07) is 4.64. The van der Waals surface area contributed by atoms with E-state index in [1.807, 2.05) is 18.7 Å². The summed E-state index contributed by atoms with van der Waals surface area (Å²) in [5.74, 6) is 1.77. The van der Waals surface area contributed by atoms with Gasteiger partial charge in [-0.05, 0) is 45.2 Å². The van der Waals surface area contributed by atoms with E-state index < -0.39 is 0 Å². The average molecular weight is 569 g/mol. The first kappa shape index (κ1) is 28.0. The second kappa shape index (κ2) is 12.3. The van der Waals surface area contributed by atoms with Crippen LogP contribution in [-0.4, -0.2) is 99.3 Å². The highest BCUT2D eigenvalue weighted by atomic mass is 35.5. The molecule has 0 saturated carbocycles. The quantitative estimate of drug-likeness (QED) is 0.387. The van der Waals surface area contributed by atoms with Crippen LogP contribution in [0, 0.1) is 6.92 Å². The summed E-state index contributed by atoms with van der Waals surface area (Å²) >= 11 is 6.02. The van der Waals surface area contributed by atoms with Gasteiger partial charge in [0.25, 0.3) is 11.8 Å². The van der Waals surface area contributed by atoms with Crippen LogP contribution in [0.5, 0.6) is 0 Å². The zero-order valence-corrected chi connectivity index (χ0v) is 24.3. The molecule has 0 radical (unpaired) electrons. The lowest BCUT2D eigenvalue weighted by atomic mass is 9.97. The molecule has 2 aliphatic rings. The van der Waals surface area contributed by atoms with Gasteiger partial charge in [0.05, 0.1) is 17.5 Å². The Labute approximate surface area is 239 Å². The van der Waals surface area contributed by atoms with Gasteiger partial charge >= 0.3 is 6.01 Å². The first-order valence-corrected chi connectivity index (χ1v) is 14.3. The van der Waals surface area contributed by atoms with Crippen molar-refractivity contribution < 1.29 is 9.21 Å². The molecule has 2 aliphatic heterocycles. The maximum atomic E-state index is 13.2. The Morgan fingerprint density at radius 2 is 1.93 bits per heavy atom. The summed E-state index contributed by atoms with van der Waals surface area (Å²) in [7, 11) is 1.75. The number of carbonyl (C=O) groups is 1. The molecule has 0 spiro atoms. The Bertz CT molecular complexity index is 1330. The van der Waals surface area contributed by atoms with Crippen LogP contribution in [0.2, 0.25) is 5.15 Å². The number of amides is 1. The Kier molecular flexibility index (Phi) is 8.65. The van der Waals surface area contributed by atoms with E-state index in [0.717, 1.165) is 63.5 Å². The molecule has 5 heterocycles. The number of halogens is 1. The molecule has 0 bridgehead atoms. The second-order valence-electron chi connectivity index (χ2n) is 10.2. The van der Waals surface area contributed by atoms with E-state index in [1.54, 1.807) is 25.4 Å². The van der Waals surface area contributed by atoms with Crippen molar-refractivity contribution in [2.45, 2.75) is 52.1 Å². The molecule has 1 amide bonds. The zero-order valence-electron chi connectivity index (χ0n) is 23.5. The van der Waals surface area contributed by atoms with Gasteiger partial charge in [0.15, 0.2) is 0 Å². The van der Waals surface area contributed by atoms with Gasteiger partial charge in [0, 0.05) is 58.4 Å². The Morgan fingerprint density at radius 1 is 1.12 bits per heavy atom. The summed E-state index contributed by atoms with van der Waals surface area (Å²) in [5.41, 5.74) is 1.97. The van der Waals surface area contributed by atoms with Crippen molar-refractivity contribution in [1.82, 2.24) is 34.9 Å². The lowest BCUT2D eigenvalue weighted by Gasteiger charge is -2.47. The van der Waals surface area contributed by atoms with E-state index in [0.29, 0.717) is 52.8 Å². The number of piperazine rings is 1. The van der Waals surface area contributed by atoms with Crippen LogP contribution in [0.1, 0.15) is 49.2 Å². The molecule has 0 aromatic carbocycles. The monoisotopic (exact) mass is 568 g/mol. The van der Waals surface area contributed by atoms with E-state index >= 15 is 0 Å². The van der Waals surface area contributed by atoms with E-state index in [1.165, 1.54) is 0 Å². The molecule has 0 aliphatic carbocycles. The number of rotatable bonds is 8. The van der Waals surface area contributed by atoms with E-state index in [9.17, 15) is 4.79 Å². The van der Waals surface area contributed by atoms with Crippen LogP contribution < -0.4 is 15.5 Å². The van der Waals surface area contributed by atoms with Crippen molar-refractivity contribution in [1.29, 1.82) is 0 Å². The number of likely N-dealkylation sites (tertiary alicyclic amines) is 1. The van der Waals surface area contributed by atoms with Gasteiger partial charge in [0.1, 0.15) is 22.5 Å². The van der Waals surface area contributed by atoms with E-state index in [4.69, 9.17) is 26.0 Å². The molecule has 40 heavy (non-hydrogen) atoms. The number of pyridine rings is 1. The van der Waals surface area contributed by atoms with Gasteiger partial charge < -0.3 is 24.9 Å². The smallest absolute Gasteiger partial charge is 0.315 e. The Morgan fingerprint density at radius 3 is 2.62 bits per heavy atom. The van der Waals surface area contributed by atoms with Crippen molar-refractivity contribution in [3.63, 3.8) is 0 Å². The maximum Gasteiger partial charge on any atom is 0.315 e. The maximum absolute atomic E-state index is 13.2. The Balaban J connectivity index is 1.20. The topological polar surface area (TPSA) is 128 Å². The molecule has 214 valence electrons. The highest BCUT2D eigenvalue weighted by Gasteiger charge is 2.35. The molecular formula is C27H37ClN10O2. The van der Waals surface area contributed by atoms with Gasteiger partial charge in [-0.3, -0.25) is 9.69 Å². The number of aromatic nitrogens is 5. The SMILES string of the molecule is CCNc1nnc(-c2cnc(N3CCN(C4CCN(C(=O)c5ccc(Cl)nc5NC)CC4)C(CC)C3)c(C)n2)o1. The highest BCUT2D eigenvalue weighted by molar-refractivity contribution is 6.29. The van der Waals surface area contributed by atoms with Gasteiger partial charge in [-0.1, -0.05) is 23.6 Å². The highest BCUT2D eigenvalue weighted by Crippen LogP contribution is 2.29. The van der Waals surface area contributed by atoms with Gasteiger partial charge in [-0.2, -0.15) is 0 Å². The van der Waals surface area contributed by atoms with Crippen LogP contribution >= 0.6 is 11.6 Å². The molecule has 2 N–H and O–H groups in total. The molecular weight excluding hydrogens is 532 g/mol. The third-order valence-corrected chi connectivity index (χ3v) is 7.95. The first-order chi connectivity index (χ1) is 19.4. The minimum atomic E-state index is -0.000274. The number of anilines is 3. The zero-order chi connectivity index (χ0) is 28.2. The fourth-order valence-electron chi connectivity index (χ4n) is 5.71. The van der Waals surface area contributed by atoms with Gasteiger partial charge in [-0.15, -0.1) is 5.10 Å². The molecule has 5 rings (SSSR count). The molecule has 2 fully saturated rings. The summed E-state index contributed by atoms with van der Waals surface area (Å²) in [4.78, 5) is 33.9. The van der Waals surface area contributed by atoms with E-state index in [2.05, 4.69) is 42.5 Å². The first-order valence-electron chi connectivity index (χ1n) is 14.0. The van der Waals surface area contributed by atoms with Crippen molar-refractivity contribution in [3.05, 3.63) is 34.7 Å². The number of aryl methyl sites for hydroxylation is 1. The normalized spacial score (nSPS) is 18.7. The number of piperidine rings is 1. The van der Waals surface area contributed by atoms with Crippen molar-refractivity contribution in [2.24, 2.45) is 0 Å². The lowest BCUT2D eigenvalue weighted by Crippen LogP contribution is -2.59. The summed E-state index contributed by atoms with van der Waals surface area (Å²) in [6.45, 7) is 11.0. The fourth-order valence-corrected chi connectivity index (χ4v) is 5.86. The second-order valence-corrected chi connectivity index (χ2v) is 10.5. The summed E-state index contributed by atoms with van der Waals surface area (Å²) < 4.78 is 5.64. The largest absolute Gasteiger partial charge is 0.402 e. The van der Waals surface area contributed by atoms with Crippen molar-refractivity contribution in [2.75, 3.05) is 61.8 Å². The average Bonchev–Trinajstić information content (AvgIpc) is 3.45. The number of hydrogen-bond donors (Lipinski definition) is 2. The molecule has 1 unspecified atom stereocenters. The Hall–Kier alpha value is -3.51. The minimum Gasteiger partial charge on any atom is -0.402 e. The van der Waals surface area contributed by atoms with Crippen LogP contribution in [0.3, 0.4) is 0 Å². The molecule has 12 nitrogen and oxygen atoms in total. The van der Waals surface area contributed by atoms with Gasteiger partial charge in [0.2, 0.25) is 0 Å². The predicted octanol–water partition coefficient (Wildman–Crippen LogP) is 3.56. The molecule has 3 aromatic rings. The van der Waals surface area contributed by atoms with Crippen LogP contribution in [-0.2, 0) is 0 Å². The fraction of sp³-hybridized carbons (Fsp3) is 0.556. The standard InChI is InChI=1S/C27H37ClN10O2/c1-5-18-16-37(24-17(3)32-21(15-31-24)25-34-35-27(40-25)30-6-2)13-14-38(18)19-9-11-36(12-10-19)26(39)20-7-8-22(28)33-23(20)29-4/h7-8,15,18-19H,5-6,9-14,16H2,1-4H3,(H,29,33)(H,30,35). The third kappa shape index (κ3) is 5.83. The number of nitrogens with one attached hydrogen (secondary N) is 2. The van der Waals surface area contributed by atoms with Crippen molar-refractivity contribution >= 4 is 35.2 Å². The predicted molar refractivity (Wildman–Crippen MR) is 155 cm³/mol. The molecule has 13 heteroatoms. The summed E-state index contributed by atoms with van der Waals surface area (Å²) in [6.07, 6.45) is 4.65. The number of nitrogens with zero attached hydrogens (tertiary/aromatic N) is 8. The van der Waals surface area contributed by atoms with Crippen molar-refractivity contribution in [3.8, 4) is 11.6 Å². The number of hydrogen-bond acceptors (Lipinski definition) is 11. The van der Waals surface area contributed by atoms with E-state index in [-0.39, 0.29) is 5.91 Å². The van der Waals surface area contributed by atoms with Crippen LogP contribution in [0.25, 0.3) is 11.6 Å². The van der Waals surface area contributed by atoms with Crippen LogP contribution in [0.15, 0.2) is 22.7 Å². The molecule has 1 atom stereocenters. The minimum absolute atomic E-state index is 0.000274. The molecule has 2 saturated heterocycles.